The van der Waals surface area contributed by atoms with Gasteiger partial charge in [-0.2, -0.15) is 8.78 Å². The maximum Gasteiger partial charge on any atom is 0.340 e. The third kappa shape index (κ3) is 4.20. The number of likely N-dealkylation sites (tertiary alicyclic amines) is 1. The van der Waals surface area contributed by atoms with Gasteiger partial charge in [0.05, 0.1) is 5.56 Å². The van der Waals surface area contributed by atoms with Crippen molar-refractivity contribution in [2.45, 2.75) is 43.7 Å². The molecule has 0 saturated carbocycles. The van der Waals surface area contributed by atoms with E-state index in [-0.39, 0.29) is 11.8 Å². The predicted molar refractivity (Wildman–Crippen MR) is 81.1 cm³/mol. The molecular formula is C16H19F4N3O2. The van der Waals surface area contributed by atoms with Crippen molar-refractivity contribution in [2.24, 2.45) is 0 Å². The molecular weight excluding hydrogens is 342 g/mol. The van der Waals surface area contributed by atoms with Crippen molar-refractivity contribution >= 4 is 5.91 Å². The van der Waals surface area contributed by atoms with Gasteiger partial charge in [-0.15, -0.1) is 0 Å². The number of fused-ring (bicyclic) bond motifs is 2. The van der Waals surface area contributed by atoms with E-state index in [1.807, 2.05) is 0 Å². The Morgan fingerprint density at radius 2 is 2.08 bits per heavy atom. The molecule has 2 aliphatic rings. The minimum Gasteiger partial charge on any atom is -0.471 e. The second-order valence-electron chi connectivity index (χ2n) is 6.41. The summed E-state index contributed by atoms with van der Waals surface area (Å²) in [6.45, 7) is -0.202. The van der Waals surface area contributed by atoms with Gasteiger partial charge in [-0.3, -0.25) is 4.79 Å². The second-order valence-corrected chi connectivity index (χ2v) is 6.41. The number of hydrogen-bond donors (Lipinski definition) is 1. The largest absolute Gasteiger partial charge is 0.471 e. The lowest BCUT2D eigenvalue weighted by molar-refractivity contribution is -0.148. The fourth-order valence-corrected chi connectivity index (χ4v) is 3.14. The van der Waals surface area contributed by atoms with Crippen molar-refractivity contribution in [2.75, 3.05) is 19.7 Å². The van der Waals surface area contributed by atoms with E-state index in [0.717, 1.165) is 19.3 Å². The number of rotatable bonds is 5. The Hall–Kier alpha value is -1.90. The van der Waals surface area contributed by atoms with Gasteiger partial charge < -0.3 is 15.0 Å². The average Bonchev–Trinajstić information content (AvgIpc) is 2.92. The minimum absolute atomic E-state index is 0.189. The van der Waals surface area contributed by atoms with Crippen LogP contribution in [0.25, 0.3) is 0 Å². The summed E-state index contributed by atoms with van der Waals surface area (Å²) < 4.78 is 54.4. The molecule has 1 N–H and O–H groups in total. The van der Waals surface area contributed by atoms with Crippen LogP contribution in [-0.4, -0.2) is 59.9 Å². The highest BCUT2D eigenvalue weighted by atomic mass is 19.3. The quantitative estimate of drug-likeness (QED) is 0.818. The van der Waals surface area contributed by atoms with Gasteiger partial charge in [-0.1, -0.05) is 0 Å². The van der Waals surface area contributed by atoms with Crippen molar-refractivity contribution in [1.82, 2.24) is 15.2 Å². The van der Waals surface area contributed by atoms with E-state index in [1.54, 1.807) is 4.90 Å². The van der Waals surface area contributed by atoms with Gasteiger partial charge in [0.25, 0.3) is 5.91 Å². The molecule has 2 bridgehead atoms. The Labute approximate surface area is 142 Å². The van der Waals surface area contributed by atoms with Crippen molar-refractivity contribution in [3.63, 3.8) is 0 Å². The highest BCUT2D eigenvalue weighted by Crippen LogP contribution is 2.24. The second kappa shape index (κ2) is 7.15. The van der Waals surface area contributed by atoms with Crippen LogP contribution < -0.4 is 10.1 Å². The van der Waals surface area contributed by atoms with Gasteiger partial charge in [-0.25, -0.2) is 13.8 Å². The van der Waals surface area contributed by atoms with E-state index in [2.05, 4.69) is 15.0 Å². The van der Waals surface area contributed by atoms with Crippen LogP contribution >= 0.6 is 0 Å². The standard InChI is InChI=1S/C16H19F4N3O2/c17-15(18)16(19,20)9-25-13-4-1-10(7-21-13)14(24)23-6-5-11-2-3-12(8-23)22-11/h1,4,7,11-12,15,22H,2-3,5-6,8-9H2. The number of nitrogens with zero attached hydrogens (tertiary/aromatic N) is 2. The number of ether oxygens (including phenoxy) is 1. The van der Waals surface area contributed by atoms with Crippen LogP contribution in [0.15, 0.2) is 18.3 Å². The molecule has 2 unspecified atom stereocenters. The fraction of sp³-hybridized carbons (Fsp3) is 0.625. The number of carbonyl (C=O) groups excluding carboxylic acids is 1. The van der Waals surface area contributed by atoms with Gasteiger partial charge in [0.1, 0.15) is 0 Å². The number of alkyl halides is 4. The van der Waals surface area contributed by atoms with E-state index < -0.39 is 19.0 Å². The van der Waals surface area contributed by atoms with E-state index >= 15 is 0 Å². The number of amides is 1. The van der Waals surface area contributed by atoms with Crippen LogP contribution in [0.5, 0.6) is 5.88 Å². The molecule has 0 aromatic carbocycles. The molecule has 1 aromatic heterocycles. The molecule has 1 aromatic rings. The summed E-state index contributed by atoms with van der Waals surface area (Å²) in [5.41, 5.74) is 0.311. The summed E-state index contributed by atoms with van der Waals surface area (Å²) >= 11 is 0. The Bertz CT molecular complexity index is 612. The smallest absolute Gasteiger partial charge is 0.340 e. The number of halogens is 4. The normalized spacial score (nSPS) is 23.6. The first-order valence-corrected chi connectivity index (χ1v) is 8.15. The molecule has 2 aliphatic heterocycles. The zero-order valence-corrected chi connectivity index (χ0v) is 13.4. The lowest BCUT2D eigenvalue weighted by Gasteiger charge is -2.24. The monoisotopic (exact) mass is 361 g/mol. The summed E-state index contributed by atoms with van der Waals surface area (Å²) in [5.74, 6) is -4.66. The molecule has 1 amide bonds. The van der Waals surface area contributed by atoms with E-state index in [9.17, 15) is 22.4 Å². The Kier molecular flexibility index (Phi) is 5.12. The zero-order valence-electron chi connectivity index (χ0n) is 13.4. The van der Waals surface area contributed by atoms with Crippen LogP contribution in [0.4, 0.5) is 17.6 Å². The number of nitrogens with one attached hydrogen (secondary N) is 1. The molecule has 2 saturated heterocycles. The number of carbonyl (C=O) groups is 1. The molecule has 25 heavy (non-hydrogen) atoms. The lowest BCUT2D eigenvalue weighted by atomic mass is 10.1. The van der Waals surface area contributed by atoms with Gasteiger partial charge in [-0.05, 0) is 25.3 Å². The van der Waals surface area contributed by atoms with Crippen LogP contribution in [0.1, 0.15) is 29.6 Å². The average molecular weight is 361 g/mol. The summed E-state index contributed by atoms with van der Waals surface area (Å²) in [6, 6.07) is 3.38. The van der Waals surface area contributed by atoms with E-state index in [1.165, 1.54) is 18.3 Å². The number of pyridine rings is 1. The maximum absolute atomic E-state index is 12.8. The van der Waals surface area contributed by atoms with Gasteiger partial charge >= 0.3 is 12.3 Å². The van der Waals surface area contributed by atoms with Gasteiger partial charge in [0, 0.05) is 37.4 Å². The van der Waals surface area contributed by atoms with Crippen LogP contribution in [0.3, 0.4) is 0 Å². The first kappa shape index (κ1) is 17.9. The molecule has 138 valence electrons. The van der Waals surface area contributed by atoms with E-state index in [4.69, 9.17) is 0 Å². The molecule has 0 spiro atoms. The van der Waals surface area contributed by atoms with Crippen LogP contribution in [0, 0.1) is 0 Å². The van der Waals surface area contributed by atoms with E-state index in [0.29, 0.717) is 30.7 Å². The summed E-state index contributed by atoms with van der Waals surface area (Å²) in [6.07, 6.45) is 0.468. The Morgan fingerprint density at radius 1 is 1.32 bits per heavy atom. The molecule has 0 radical (unpaired) electrons. The predicted octanol–water partition coefficient (Wildman–Crippen LogP) is 2.33. The highest BCUT2D eigenvalue weighted by Gasteiger charge is 2.41. The summed E-state index contributed by atoms with van der Waals surface area (Å²) in [5, 5.41) is 3.48. The van der Waals surface area contributed by atoms with Crippen molar-refractivity contribution in [3.8, 4) is 5.88 Å². The number of hydrogen-bond acceptors (Lipinski definition) is 4. The highest BCUT2D eigenvalue weighted by molar-refractivity contribution is 5.94. The topological polar surface area (TPSA) is 54.5 Å². The zero-order chi connectivity index (χ0) is 18.0. The molecule has 3 rings (SSSR count). The molecule has 9 heteroatoms. The SMILES string of the molecule is O=C(c1ccc(OCC(F)(F)C(F)F)nc1)N1CCC2CCC(C1)N2. The maximum atomic E-state index is 12.8. The molecule has 3 heterocycles. The third-order valence-corrected chi connectivity index (χ3v) is 4.53. The minimum atomic E-state index is -4.24. The Balaban J connectivity index is 1.59. The summed E-state index contributed by atoms with van der Waals surface area (Å²) in [7, 11) is 0. The van der Waals surface area contributed by atoms with Crippen LogP contribution in [-0.2, 0) is 0 Å². The first-order valence-electron chi connectivity index (χ1n) is 8.15. The van der Waals surface area contributed by atoms with Crippen molar-refractivity contribution < 1.29 is 27.1 Å². The molecule has 2 fully saturated rings. The Morgan fingerprint density at radius 3 is 2.76 bits per heavy atom. The molecule has 2 atom stereocenters. The van der Waals surface area contributed by atoms with Gasteiger partial charge in [0.2, 0.25) is 5.88 Å². The summed E-state index contributed by atoms with van der Waals surface area (Å²) in [4.78, 5) is 18.1. The van der Waals surface area contributed by atoms with Gasteiger partial charge in [0.15, 0.2) is 6.61 Å². The third-order valence-electron chi connectivity index (χ3n) is 4.53. The lowest BCUT2D eigenvalue weighted by Crippen LogP contribution is -2.39. The number of aromatic nitrogens is 1. The fourth-order valence-electron chi connectivity index (χ4n) is 3.14. The van der Waals surface area contributed by atoms with Crippen LogP contribution in [0.2, 0.25) is 0 Å². The molecule has 5 nitrogen and oxygen atoms in total. The first-order chi connectivity index (χ1) is 11.8. The molecule has 0 aliphatic carbocycles. The van der Waals surface area contributed by atoms with Crippen molar-refractivity contribution in [1.29, 1.82) is 0 Å². The van der Waals surface area contributed by atoms with Crippen molar-refractivity contribution in [3.05, 3.63) is 23.9 Å².